The maximum atomic E-state index is 14.6. The molecule has 6 fully saturated rings. The van der Waals surface area contributed by atoms with Gasteiger partial charge in [-0.1, -0.05) is 71.4 Å². The summed E-state index contributed by atoms with van der Waals surface area (Å²) in [6.45, 7) is 11.2. The minimum absolute atomic E-state index is 0.109. The number of aromatic carboxylic acids is 2. The Hall–Kier alpha value is -7.90. The second-order valence-corrected chi connectivity index (χ2v) is 27.6. The Kier molecular flexibility index (Phi) is 17.3. The second-order valence-electron chi connectivity index (χ2n) is 27.6. The van der Waals surface area contributed by atoms with Gasteiger partial charge in [-0.25, -0.2) is 14.4 Å². The first-order chi connectivity index (χ1) is 43.4. The predicted molar refractivity (Wildman–Crippen MR) is 344 cm³/mol. The molecule has 482 valence electrons. The molecule has 6 aliphatic heterocycles. The highest BCUT2D eigenvalue weighted by molar-refractivity contribution is 6.06. The zero-order chi connectivity index (χ0) is 64.5. The monoisotopic (exact) mass is 1250 g/mol. The number of methoxy groups -OCH3 is 2. The number of aromatic nitrogens is 2. The van der Waals surface area contributed by atoms with Crippen molar-refractivity contribution in [1.82, 2.24) is 28.7 Å². The lowest BCUT2D eigenvalue weighted by Gasteiger charge is -2.40. The van der Waals surface area contributed by atoms with E-state index in [4.69, 9.17) is 19.4 Å². The van der Waals surface area contributed by atoms with Crippen molar-refractivity contribution in [1.29, 1.82) is 0 Å². The number of aliphatic carboxylic acids is 1. The topological polar surface area (TPSA) is 187 Å². The minimum atomic E-state index is -5.08. The van der Waals surface area contributed by atoms with Gasteiger partial charge in [-0.2, -0.15) is 13.2 Å². The number of likely N-dealkylation sites (tertiary alicyclic amines) is 2. The normalized spacial score (nSPS) is 21.8. The van der Waals surface area contributed by atoms with Gasteiger partial charge < -0.3 is 53.5 Å². The van der Waals surface area contributed by atoms with E-state index >= 15 is 0 Å². The number of fused-ring (bicyclic) bond motifs is 14. The Morgan fingerprint density at radius 2 is 0.934 bits per heavy atom. The van der Waals surface area contributed by atoms with E-state index in [9.17, 15) is 42.6 Å². The maximum absolute atomic E-state index is 14.6. The molecular formula is C72H83F3N6O10. The molecule has 6 aromatic rings. The Balaban J connectivity index is 0.000000160. The van der Waals surface area contributed by atoms with E-state index in [0.29, 0.717) is 24.9 Å². The summed E-state index contributed by atoms with van der Waals surface area (Å²) in [5, 5.41) is 29.3. The van der Waals surface area contributed by atoms with Crippen LogP contribution in [0.2, 0.25) is 0 Å². The average molecular weight is 1250 g/mol. The van der Waals surface area contributed by atoms with Crippen LogP contribution in [0.5, 0.6) is 11.5 Å². The SMILES string of the molecule is COc1cc2c(c(C(C)(C)C)c1)-c1c(C3CCCCC3)c3ccc(C(=O)O)cc3n1CC(C(=O)N1C3CCC1CN(C)C3)=C2.COc1ccc2c(c1)C=C(C(=O)N1C3CCC1CN(C)C3)Cn1c-2c(C2CCCCC2)c2ccc(C(=O)O)cc21.O=C(O)C(F)(F)F. The van der Waals surface area contributed by atoms with Crippen LogP contribution in [0.3, 0.4) is 0 Å². The van der Waals surface area contributed by atoms with Crippen molar-refractivity contribution in [2.45, 2.75) is 171 Å². The van der Waals surface area contributed by atoms with Crippen LogP contribution in [0.25, 0.3) is 56.5 Å². The minimum Gasteiger partial charge on any atom is -0.497 e. The van der Waals surface area contributed by atoms with Gasteiger partial charge >= 0.3 is 24.1 Å². The molecule has 4 saturated heterocycles. The fraction of sp³-hybridized carbons (Fsp3) is 0.486. The first-order valence-corrected chi connectivity index (χ1v) is 32.4. The van der Waals surface area contributed by atoms with Gasteiger partial charge in [0.2, 0.25) is 0 Å². The van der Waals surface area contributed by atoms with E-state index in [1.165, 1.54) is 55.2 Å². The van der Waals surface area contributed by atoms with Crippen molar-refractivity contribution < 1.29 is 61.9 Å². The van der Waals surface area contributed by atoms with Crippen LogP contribution in [0, 0.1) is 0 Å². The summed E-state index contributed by atoms with van der Waals surface area (Å²) < 4.78 is 47.8. The Bertz CT molecular complexity index is 3920. The summed E-state index contributed by atoms with van der Waals surface area (Å²) in [5.74, 6) is -2.07. The average Bonchev–Trinajstić information content (AvgIpc) is 1.58. The van der Waals surface area contributed by atoms with Crippen molar-refractivity contribution in [3.63, 3.8) is 0 Å². The summed E-state index contributed by atoms with van der Waals surface area (Å²) in [7, 11) is 7.68. The molecule has 0 spiro atoms. The molecule has 0 radical (unpaired) electrons. The molecular weight excluding hydrogens is 1170 g/mol. The van der Waals surface area contributed by atoms with Gasteiger partial charge in [-0.05, 0) is 177 Å². The molecule has 4 bridgehead atoms. The number of carbonyl (C=O) groups is 5. The highest BCUT2D eigenvalue weighted by atomic mass is 19.4. The number of carboxylic acids is 3. The van der Waals surface area contributed by atoms with Gasteiger partial charge in [0.15, 0.2) is 0 Å². The summed E-state index contributed by atoms with van der Waals surface area (Å²) in [4.78, 5) is 71.2. The summed E-state index contributed by atoms with van der Waals surface area (Å²) >= 11 is 0. The van der Waals surface area contributed by atoms with Crippen LogP contribution in [0.4, 0.5) is 13.2 Å². The van der Waals surface area contributed by atoms with Crippen molar-refractivity contribution in [2.75, 3.05) is 54.5 Å². The van der Waals surface area contributed by atoms with Crippen LogP contribution < -0.4 is 9.47 Å². The fourth-order valence-electron chi connectivity index (χ4n) is 16.5. The highest BCUT2D eigenvalue weighted by Crippen LogP contribution is 2.52. The zero-order valence-electron chi connectivity index (χ0n) is 53.1. The van der Waals surface area contributed by atoms with E-state index in [2.05, 4.69) is 94.0 Å². The first kappa shape index (κ1) is 63.3. The van der Waals surface area contributed by atoms with Crippen LogP contribution >= 0.6 is 0 Å². The third-order valence-electron chi connectivity index (χ3n) is 20.6. The van der Waals surface area contributed by atoms with E-state index in [0.717, 1.165) is 156 Å². The third kappa shape index (κ3) is 12.0. The zero-order valence-corrected chi connectivity index (χ0v) is 53.1. The van der Waals surface area contributed by atoms with Gasteiger partial charge in [0.25, 0.3) is 11.8 Å². The van der Waals surface area contributed by atoms with E-state index < -0.39 is 24.1 Å². The number of carboxylic acid groups (broad SMARTS) is 3. The molecule has 8 aliphatic rings. The maximum Gasteiger partial charge on any atom is 0.490 e. The number of rotatable bonds is 8. The molecule has 4 unspecified atom stereocenters. The molecule has 14 rings (SSSR count). The summed E-state index contributed by atoms with van der Waals surface area (Å²) in [6, 6.07) is 22.5. The molecule has 2 amide bonds. The molecule has 16 nitrogen and oxygen atoms in total. The number of carbonyl (C=O) groups excluding carboxylic acids is 2. The number of piperazine rings is 2. The van der Waals surface area contributed by atoms with E-state index in [-0.39, 0.29) is 52.5 Å². The molecule has 91 heavy (non-hydrogen) atoms. The quantitative estimate of drug-likeness (QED) is 0.131. The largest absolute Gasteiger partial charge is 0.497 e. The number of ether oxygens (including phenoxy) is 2. The van der Waals surface area contributed by atoms with E-state index in [1.54, 1.807) is 26.4 Å². The number of amides is 2. The van der Waals surface area contributed by atoms with Crippen LogP contribution in [0.15, 0.2) is 77.9 Å². The molecule has 8 heterocycles. The lowest BCUT2D eigenvalue weighted by atomic mass is 9.77. The second kappa shape index (κ2) is 25.0. The molecule has 4 aromatic carbocycles. The number of benzene rings is 4. The standard InChI is InChI=1S/C37H45N3O4.C33H37N3O4.C2HF3O2/c1-37(2,3)30-18-28(44-5)16-24-15-25(35(41)40-26-12-13-27(40)21-38(4)20-26)19-39-31-17-23(36(42)43)11-14-29(31)32(34(39)33(24)30)22-9-7-6-8-10-22;1-34-18-24-9-10-25(19-34)36(24)32(37)23-14-22-15-26(40-2)11-13-27(22)31-30(20-6-4-3-5-7-20)28-12-8-21(33(38)39)16-29(28)35(31)17-23;3-2(4,5)1(6)7/h11,14-18,22,26-27H,6-10,12-13,19-21H2,1-5H3,(H,42,43);8,11-16,20,24-25H,3-7,9-10,17-19H2,1-2H3,(H,38,39);(H,6,7). The number of hydrogen-bond acceptors (Lipinski definition) is 9. The van der Waals surface area contributed by atoms with E-state index in [1.807, 2.05) is 36.4 Å². The Morgan fingerprint density at radius 1 is 0.516 bits per heavy atom. The van der Waals surface area contributed by atoms with Gasteiger partial charge in [-0.3, -0.25) is 9.59 Å². The smallest absolute Gasteiger partial charge is 0.490 e. The van der Waals surface area contributed by atoms with Gasteiger partial charge in [-0.15, -0.1) is 0 Å². The molecule has 19 heteroatoms. The molecule has 4 atom stereocenters. The summed E-state index contributed by atoms with van der Waals surface area (Å²) in [5.41, 5.74) is 14.0. The van der Waals surface area contributed by atoms with Crippen molar-refractivity contribution >= 4 is 63.7 Å². The lowest BCUT2D eigenvalue weighted by Crippen LogP contribution is -2.55. The molecule has 2 aliphatic carbocycles. The van der Waals surface area contributed by atoms with Crippen molar-refractivity contribution in [2.24, 2.45) is 0 Å². The van der Waals surface area contributed by atoms with Crippen LogP contribution in [-0.4, -0.2) is 159 Å². The number of hydrogen-bond donors (Lipinski definition) is 3. The number of alkyl halides is 3. The van der Waals surface area contributed by atoms with Crippen LogP contribution in [-0.2, 0) is 32.9 Å². The number of halogens is 3. The highest BCUT2D eigenvalue weighted by Gasteiger charge is 2.46. The predicted octanol–water partition coefficient (Wildman–Crippen LogP) is 13.5. The van der Waals surface area contributed by atoms with Gasteiger partial charge in [0.1, 0.15) is 11.5 Å². The lowest BCUT2D eigenvalue weighted by molar-refractivity contribution is -0.192. The van der Waals surface area contributed by atoms with Gasteiger partial charge in [0.05, 0.1) is 49.8 Å². The van der Waals surface area contributed by atoms with Crippen molar-refractivity contribution in [3.05, 3.63) is 117 Å². The fourth-order valence-corrected chi connectivity index (χ4v) is 16.5. The first-order valence-electron chi connectivity index (χ1n) is 32.4. The summed E-state index contributed by atoms with van der Waals surface area (Å²) in [6.07, 6.45) is 15.1. The molecule has 2 saturated carbocycles. The number of nitrogens with zero attached hydrogens (tertiary/aromatic N) is 6. The number of likely N-dealkylation sites (N-methyl/N-ethyl adjacent to an activating group) is 2. The van der Waals surface area contributed by atoms with Crippen LogP contribution in [0.1, 0.15) is 171 Å². The molecule has 3 N–H and O–H groups in total. The Labute approximate surface area is 528 Å². The van der Waals surface area contributed by atoms with Gasteiger partial charge in [0, 0.05) is 94.4 Å². The Morgan fingerprint density at radius 3 is 1.35 bits per heavy atom. The molecule has 2 aromatic heterocycles. The van der Waals surface area contributed by atoms with Crippen molar-refractivity contribution in [3.8, 4) is 34.0 Å². The third-order valence-corrected chi connectivity index (χ3v) is 20.6.